The maximum absolute atomic E-state index is 13.1. The van der Waals surface area contributed by atoms with Crippen LogP contribution in [0.3, 0.4) is 0 Å². The van der Waals surface area contributed by atoms with Crippen molar-refractivity contribution in [1.29, 1.82) is 0 Å². The van der Waals surface area contributed by atoms with Gasteiger partial charge < -0.3 is 9.80 Å². The van der Waals surface area contributed by atoms with E-state index >= 15 is 0 Å². The van der Waals surface area contributed by atoms with Crippen molar-refractivity contribution in [3.63, 3.8) is 0 Å². The molecule has 3 aliphatic heterocycles. The fourth-order valence-electron chi connectivity index (χ4n) is 4.69. The quantitative estimate of drug-likeness (QED) is 0.470. The van der Waals surface area contributed by atoms with Gasteiger partial charge in [-0.05, 0) is 36.5 Å². The van der Waals surface area contributed by atoms with Crippen molar-refractivity contribution in [2.24, 2.45) is 11.8 Å². The Morgan fingerprint density at radius 2 is 1.79 bits per heavy atom. The largest absolute Gasteiger partial charge is 0.342 e. The summed E-state index contributed by atoms with van der Waals surface area (Å²) in [6.45, 7) is 3.68. The van der Waals surface area contributed by atoms with Crippen LogP contribution in [0.2, 0.25) is 0 Å². The standard InChI is InChI=1S/C22H30N6O5S/c1-13-8-10-27(11-9-13)16(29)12-34-20-17-19(25(2)22(31)26(3)21(17)30)23-18(24-20)14-4-6-15(7-5-14)28(32)33/h4-7,13,17-20,23-24H,8-12H2,1-3H3. The minimum absolute atomic E-state index is 0.0217. The van der Waals surface area contributed by atoms with Gasteiger partial charge in [-0.1, -0.05) is 6.92 Å². The Labute approximate surface area is 202 Å². The van der Waals surface area contributed by atoms with Gasteiger partial charge in [-0.25, -0.2) is 4.79 Å². The Hall–Kier alpha value is -2.70. The van der Waals surface area contributed by atoms with Crippen LogP contribution in [0.1, 0.15) is 31.5 Å². The third-order valence-electron chi connectivity index (χ3n) is 6.92. The molecular formula is C22H30N6O5S. The van der Waals surface area contributed by atoms with Crippen LogP contribution in [0.4, 0.5) is 10.5 Å². The summed E-state index contributed by atoms with van der Waals surface area (Å²) in [6.07, 6.45) is 0.939. The van der Waals surface area contributed by atoms with Gasteiger partial charge in [0.05, 0.1) is 34.3 Å². The van der Waals surface area contributed by atoms with E-state index in [0.717, 1.165) is 36.4 Å². The van der Waals surface area contributed by atoms with Crippen LogP contribution >= 0.6 is 11.8 Å². The second kappa shape index (κ2) is 9.88. The number of thioether (sulfide) groups is 1. The first-order chi connectivity index (χ1) is 16.2. The molecule has 1 aromatic carbocycles. The predicted octanol–water partition coefficient (Wildman–Crippen LogP) is 1.57. The number of nitro benzene ring substituents is 1. The predicted molar refractivity (Wildman–Crippen MR) is 127 cm³/mol. The number of nitrogens with one attached hydrogen (secondary N) is 2. The Bertz CT molecular complexity index is 967. The lowest BCUT2D eigenvalue weighted by molar-refractivity contribution is -0.384. The Morgan fingerprint density at radius 1 is 1.15 bits per heavy atom. The van der Waals surface area contributed by atoms with E-state index in [9.17, 15) is 24.5 Å². The smallest absolute Gasteiger partial charge is 0.327 e. The van der Waals surface area contributed by atoms with Gasteiger partial charge in [0.15, 0.2) is 0 Å². The lowest BCUT2D eigenvalue weighted by Gasteiger charge is -2.50. The summed E-state index contributed by atoms with van der Waals surface area (Å²) >= 11 is 1.37. The van der Waals surface area contributed by atoms with Crippen molar-refractivity contribution in [3.05, 3.63) is 39.9 Å². The first-order valence-corrected chi connectivity index (χ1v) is 12.4. The fourth-order valence-corrected chi connectivity index (χ4v) is 5.90. The SMILES string of the molecule is CC1CCN(C(=O)CSC2NC(c3ccc([N+](=O)[O-])cc3)NC3C2C(=O)N(C)C(=O)N3C)CC1. The van der Waals surface area contributed by atoms with Gasteiger partial charge in [0.1, 0.15) is 0 Å². The van der Waals surface area contributed by atoms with Crippen LogP contribution in [0.25, 0.3) is 0 Å². The Balaban J connectivity index is 1.54. The molecule has 11 nitrogen and oxygen atoms in total. The van der Waals surface area contributed by atoms with Crippen molar-refractivity contribution in [2.45, 2.75) is 37.5 Å². The molecule has 2 N–H and O–H groups in total. The number of hydrogen-bond acceptors (Lipinski definition) is 8. The number of imide groups is 1. The summed E-state index contributed by atoms with van der Waals surface area (Å²) in [5, 5.41) is 17.3. The van der Waals surface area contributed by atoms with Gasteiger partial charge >= 0.3 is 6.03 Å². The summed E-state index contributed by atoms with van der Waals surface area (Å²) in [4.78, 5) is 53.6. The first-order valence-electron chi connectivity index (χ1n) is 11.4. The number of non-ortho nitro benzene ring substituents is 1. The normalized spacial score (nSPS) is 28.1. The maximum atomic E-state index is 13.1. The van der Waals surface area contributed by atoms with E-state index in [2.05, 4.69) is 17.6 Å². The molecule has 184 valence electrons. The van der Waals surface area contributed by atoms with Crippen molar-refractivity contribution in [3.8, 4) is 0 Å². The first kappa shape index (κ1) is 24.4. The summed E-state index contributed by atoms with van der Waals surface area (Å²) in [5.41, 5.74) is 0.713. The summed E-state index contributed by atoms with van der Waals surface area (Å²) in [6, 6.07) is 5.71. The number of benzene rings is 1. The molecule has 1 aromatic rings. The minimum Gasteiger partial charge on any atom is -0.342 e. The number of amides is 4. The van der Waals surface area contributed by atoms with E-state index in [0.29, 0.717) is 5.92 Å². The molecule has 34 heavy (non-hydrogen) atoms. The highest BCUT2D eigenvalue weighted by molar-refractivity contribution is 8.00. The zero-order valence-electron chi connectivity index (χ0n) is 19.5. The summed E-state index contributed by atoms with van der Waals surface area (Å²) in [5.74, 6) is -0.0268. The summed E-state index contributed by atoms with van der Waals surface area (Å²) in [7, 11) is 3.09. The minimum atomic E-state index is -0.596. The zero-order valence-corrected chi connectivity index (χ0v) is 20.3. The monoisotopic (exact) mass is 490 g/mol. The molecule has 12 heteroatoms. The Kier molecular flexibility index (Phi) is 7.10. The lowest BCUT2D eigenvalue weighted by Crippen LogP contribution is -2.72. The molecule has 0 saturated carbocycles. The average Bonchev–Trinajstić information content (AvgIpc) is 2.84. The van der Waals surface area contributed by atoms with Gasteiger partial charge in [0.2, 0.25) is 11.8 Å². The molecule has 4 rings (SSSR count). The van der Waals surface area contributed by atoms with Gasteiger partial charge in [-0.15, -0.1) is 11.8 Å². The number of hydrogen-bond donors (Lipinski definition) is 2. The lowest BCUT2D eigenvalue weighted by atomic mass is 9.96. The molecule has 3 heterocycles. The number of carbonyl (C=O) groups is 3. The fraction of sp³-hybridized carbons (Fsp3) is 0.591. The van der Waals surface area contributed by atoms with Crippen LogP contribution in [0.5, 0.6) is 0 Å². The van der Waals surface area contributed by atoms with Gasteiger partial charge in [-0.2, -0.15) is 0 Å². The van der Waals surface area contributed by atoms with E-state index in [1.165, 1.54) is 35.8 Å². The highest BCUT2D eigenvalue weighted by Gasteiger charge is 2.51. The number of rotatable bonds is 5. The van der Waals surface area contributed by atoms with Gasteiger partial charge in [0, 0.05) is 39.3 Å². The van der Waals surface area contributed by atoms with E-state index in [-0.39, 0.29) is 23.3 Å². The topological polar surface area (TPSA) is 128 Å². The van der Waals surface area contributed by atoms with E-state index in [1.54, 1.807) is 19.2 Å². The second-order valence-corrected chi connectivity index (χ2v) is 10.3. The third kappa shape index (κ3) is 4.75. The molecule has 3 fully saturated rings. The summed E-state index contributed by atoms with van der Waals surface area (Å²) < 4.78 is 0. The van der Waals surface area contributed by atoms with Crippen LogP contribution in [0, 0.1) is 22.0 Å². The number of urea groups is 1. The molecule has 0 aliphatic carbocycles. The van der Waals surface area contributed by atoms with Crippen molar-refractivity contribution >= 4 is 35.3 Å². The number of nitro groups is 1. The van der Waals surface area contributed by atoms with Gasteiger partial charge in [-0.3, -0.25) is 35.2 Å². The average molecular weight is 491 g/mol. The maximum Gasteiger partial charge on any atom is 0.327 e. The molecular weight excluding hydrogens is 460 g/mol. The number of carbonyl (C=O) groups excluding carboxylic acids is 3. The van der Waals surface area contributed by atoms with Crippen molar-refractivity contribution in [1.82, 2.24) is 25.3 Å². The molecule has 3 saturated heterocycles. The molecule has 4 atom stereocenters. The van der Waals surface area contributed by atoms with Crippen LogP contribution < -0.4 is 10.6 Å². The molecule has 4 unspecified atom stereocenters. The number of fused-ring (bicyclic) bond motifs is 1. The van der Waals surface area contributed by atoms with Crippen LogP contribution in [-0.4, -0.2) is 81.9 Å². The molecule has 0 radical (unpaired) electrons. The highest BCUT2D eigenvalue weighted by Crippen LogP contribution is 2.35. The highest BCUT2D eigenvalue weighted by atomic mass is 32.2. The molecule has 0 bridgehead atoms. The second-order valence-electron chi connectivity index (χ2n) is 9.17. The van der Waals surface area contributed by atoms with E-state index in [4.69, 9.17) is 0 Å². The van der Waals surface area contributed by atoms with Crippen LogP contribution in [-0.2, 0) is 9.59 Å². The number of piperidine rings is 1. The number of likely N-dealkylation sites (tertiary alicyclic amines) is 1. The van der Waals surface area contributed by atoms with Crippen molar-refractivity contribution < 1.29 is 19.3 Å². The van der Waals surface area contributed by atoms with E-state index < -0.39 is 34.6 Å². The third-order valence-corrected chi connectivity index (χ3v) is 8.12. The van der Waals surface area contributed by atoms with Crippen LogP contribution in [0.15, 0.2) is 24.3 Å². The molecule has 0 spiro atoms. The zero-order chi connectivity index (χ0) is 24.6. The molecule has 3 aliphatic rings. The molecule has 4 amide bonds. The van der Waals surface area contributed by atoms with Gasteiger partial charge in [0.25, 0.3) is 5.69 Å². The Morgan fingerprint density at radius 3 is 2.41 bits per heavy atom. The van der Waals surface area contributed by atoms with Crippen molar-refractivity contribution in [2.75, 3.05) is 32.9 Å². The van der Waals surface area contributed by atoms with E-state index in [1.807, 2.05) is 4.90 Å². The number of nitrogens with zero attached hydrogens (tertiary/aromatic N) is 4. The molecule has 0 aromatic heterocycles.